The van der Waals surface area contributed by atoms with E-state index < -0.39 is 6.09 Å². The molecule has 5 nitrogen and oxygen atoms in total. The zero-order chi connectivity index (χ0) is 14.4. The van der Waals surface area contributed by atoms with Crippen molar-refractivity contribution in [1.29, 1.82) is 0 Å². The standard InChI is InChI=1S/C15H20N2O3/c18-9-7-12-3-5-13(6-4-12)11-17(15(19)20)14-2-1-8-16-10-14/h1-2,8-10,12-13H,3-7,11H2,(H,19,20). The van der Waals surface area contributed by atoms with Crippen LogP contribution in [0.4, 0.5) is 10.5 Å². The number of rotatable bonds is 5. The molecule has 0 radical (unpaired) electrons. The zero-order valence-corrected chi connectivity index (χ0v) is 11.4. The summed E-state index contributed by atoms with van der Waals surface area (Å²) in [6.07, 6.45) is 7.91. The average Bonchev–Trinajstić information content (AvgIpc) is 2.47. The molecule has 0 bridgehead atoms. The average molecular weight is 276 g/mol. The summed E-state index contributed by atoms with van der Waals surface area (Å²) >= 11 is 0. The first-order valence-corrected chi connectivity index (χ1v) is 7.05. The molecule has 1 aliphatic rings. The fourth-order valence-electron chi connectivity index (χ4n) is 2.85. The second-order valence-corrected chi connectivity index (χ2v) is 5.39. The molecular formula is C15H20N2O3. The summed E-state index contributed by atoms with van der Waals surface area (Å²) in [7, 11) is 0. The lowest BCUT2D eigenvalue weighted by Crippen LogP contribution is -2.35. The van der Waals surface area contributed by atoms with Gasteiger partial charge in [-0.05, 0) is 49.7 Å². The minimum absolute atomic E-state index is 0.370. The molecule has 1 N–H and O–H groups in total. The van der Waals surface area contributed by atoms with Crippen LogP contribution in [-0.2, 0) is 4.79 Å². The van der Waals surface area contributed by atoms with Crippen molar-refractivity contribution in [3.8, 4) is 0 Å². The second-order valence-electron chi connectivity index (χ2n) is 5.39. The van der Waals surface area contributed by atoms with Gasteiger partial charge in [-0.3, -0.25) is 9.88 Å². The van der Waals surface area contributed by atoms with Gasteiger partial charge in [0.2, 0.25) is 0 Å². The Hall–Kier alpha value is -1.91. The number of hydrogen-bond acceptors (Lipinski definition) is 3. The molecule has 1 saturated carbocycles. The summed E-state index contributed by atoms with van der Waals surface area (Å²) in [5, 5.41) is 9.35. The Morgan fingerprint density at radius 1 is 1.35 bits per heavy atom. The molecule has 0 aromatic carbocycles. The Morgan fingerprint density at radius 2 is 2.05 bits per heavy atom. The third-order valence-electron chi connectivity index (χ3n) is 4.03. The number of pyridine rings is 1. The molecule has 5 heteroatoms. The van der Waals surface area contributed by atoms with Crippen LogP contribution in [0.15, 0.2) is 24.5 Å². The van der Waals surface area contributed by atoms with Gasteiger partial charge in [-0.15, -0.1) is 0 Å². The fourth-order valence-corrected chi connectivity index (χ4v) is 2.85. The Balaban J connectivity index is 1.94. The van der Waals surface area contributed by atoms with Gasteiger partial charge in [-0.1, -0.05) is 0 Å². The smallest absolute Gasteiger partial charge is 0.411 e. The van der Waals surface area contributed by atoms with Crippen molar-refractivity contribution in [2.45, 2.75) is 32.1 Å². The van der Waals surface area contributed by atoms with E-state index in [1.54, 1.807) is 24.5 Å². The highest BCUT2D eigenvalue weighted by molar-refractivity contribution is 5.85. The number of carbonyl (C=O) groups excluding carboxylic acids is 1. The van der Waals surface area contributed by atoms with E-state index >= 15 is 0 Å². The molecule has 1 amide bonds. The molecule has 0 saturated heterocycles. The highest BCUT2D eigenvalue weighted by Gasteiger charge is 2.25. The summed E-state index contributed by atoms with van der Waals surface area (Å²) in [5.74, 6) is 0.856. The Bertz CT molecular complexity index is 442. The third-order valence-corrected chi connectivity index (χ3v) is 4.03. The van der Waals surface area contributed by atoms with Gasteiger partial charge in [0.15, 0.2) is 0 Å². The highest BCUT2D eigenvalue weighted by Crippen LogP contribution is 2.31. The maximum absolute atomic E-state index is 11.4. The highest BCUT2D eigenvalue weighted by atomic mass is 16.4. The number of anilines is 1. The van der Waals surface area contributed by atoms with Crippen molar-refractivity contribution < 1.29 is 14.7 Å². The molecule has 0 aliphatic heterocycles. The molecule has 2 rings (SSSR count). The van der Waals surface area contributed by atoms with Crippen LogP contribution in [0.2, 0.25) is 0 Å². The summed E-state index contributed by atoms with van der Waals surface area (Å²) in [6, 6.07) is 3.51. The van der Waals surface area contributed by atoms with Gasteiger partial charge in [0.25, 0.3) is 0 Å². The Labute approximate surface area is 118 Å². The predicted octanol–water partition coefficient (Wildman–Crippen LogP) is 2.96. The number of aldehydes is 1. The SMILES string of the molecule is O=CCC1CCC(CN(C(=O)O)c2cccnc2)CC1. The number of amides is 1. The summed E-state index contributed by atoms with van der Waals surface area (Å²) < 4.78 is 0. The van der Waals surface area contributed by atoms with Crippen molar-refractivity contribution in [2.24, 2.45) is 11.8 Å². The molecule has 1 aromatic rings. The van der Waals surface area contributed by atoms with Gasteiger partial charge in [-0.25, -0.2) is 4.79 Å². The lowest BCUT2D eigenvalue weighted by Gasteiger charge is -2.31. The van der Waals surface area contributed by atoms with E-state index in [1.165, 1.54) is 4.90 Å². The molecular weight excluding hydrogens is 256 g/mol. The number of carbonyl (C=O) groups is 2. The van der Waals surface area contributed by atoms with Crippen LogP contribution in [0.1, 0.15) is 32.1 Å². The van der Waals surface area contributed by atoms with Gasteiger partial charge in [0.1, 0.15) is 6.29 Å². The lowest BCUT2D eigenvalue weighted by atomic mass is 9.80. The number of carboxylic acid groups (broad SMARTS) is 1. The van der Waals surface area contributed by atoms with Crippen molar-refractivity contribution in [1.82, 2.24) is 4.98 Å². The van der Waals surface area contributed by atoms with Gasteiger partial charge in [0, 0.05) is 19.2 Å². The van der Waals surface area contributed by atoms with Crippen LogP contribution in [0.25, 0.3) is 0 Å². The summed E-state index contributed by atoms with van der Waals surface area (Å²) in [6.45, 7) is 0.509. The quantitative estimate of drug-likeness (QED) is 0.839. The zero-order valence-electron chi connectivity index (χ0n) is 11.4. The second kappa shape index (κ2) is 7.03. The normalized spacial score (nSPS) is 22.2. The maximum atomic E-state index is 11.4. The number of aromatic nitrogens is 1. The number of hydrogen-bond donors (Lipinski definition) is 1. The van der Waals surface area contributed by atoms with Crippen LogP contribution in [0.3, 0.4) is 0 Å². The van der Waals surface area contributed by atoms with Crippen molar-refractivity contribution in [3.63, 3.8) is 0 Å². The minimum Gasteiger partial charge on any atom is -0.465 e. The first kappa shape index (κ1) is 14.5. The largest absolute Gasteiger partial charge is 0.465 e. The molecule has 1 heterocycles. The van der Waals surface area contributed by atoms with E-state index in [-0.39, 0.29) is 0 Å². The molecule has 0 atom stereocenters. The van der Waals surface area contributed by atoms with E-state index in [0.717, 1.165) is 32.0 Å². The van der Waals surface area contributed by atoms with Crippen LogP contribution >= 0.6 is 0 Å². The third kappa shape index (κ3) is 3.79. The predicted molar refractivity (Wildman–Crippen MR) is 75.7 cm³/mol. The van der Waals surface area contributed by atoms with E-state index in [4.69, 9.17) is 0 Å². The fraction of sp³-hybridized carbons (Fsp3) is 0.533. The number of nitrogens with zero attached hydrogens (tertiary/aromatic N) is 2. The lowest BCUT2D eigenvalue weighted by molar-refractivity contribution is -0.108. The van der Waals surface area contributed by atoms with Gasteiger partial charge >= 0.3 is 6.09 Å². The minimum atomic E-state index is -0.937. The molecule has 1 fully saturated rings. The van der Waals surface area contributed by atoms with E-state index in [9.17, 15) is 14.7 Å². The molecule has 1 aromatic heterocycles. The topological polar surface area (TPSA) is 70.5 Å². The van der Waals surface area contributed by atoms with Crippen LogP contribution in [-0.4, -0.2) is 29.0 Å². The first-order valence-electron chi connectivity index (χ1n) is 7.05. The van der Waals surface area contributed by atoms with E-state index in [2.05, 4.69) is 4.98 Å². The molecule has 20 heavy (non-hydrogen) atoms. The monoisotopic (exact) mass is 276 g/mol. The van der Waals surface area contributed by atoms with E-state index in [0.29, 0.717) is 30.5 Å². The van der Waals surface area contributed by atoms with Crippen molar-refractivity contribution in [3.05, 3.63) is 24.5 Å². The summed E-state index contributed by atoms with van der Waals surface area (Å²) in [5.41, 5.74) is 0.620. The first-order chi connectivity index (χ1) is 9.70. The van der Waals surface area contributed by atoms with Crippen molar-refractivity contribution >= 4 is 18.1 Å². The summed E-state index contributed by atoms with van der Waals surface area (Å²) in [4.78, 5) is 27.3. The van der Waals surface area contributed by atoms with E-state index in [1.807, 2.05) is 0 Å². The van der Waals surface area contributed by atoms with Gasteiger partial charge < -0.3 is 9.90 Å². The van der Waals surface area contributed by atoms with Gasteiger partial charge in [-0.2, -0.15) is 0 Å². The van der Waals surface area contributed by atoms with Gasteiger partial charge in [0.05, 0.1) is 11.9 Å². The maximum Gasteiger partial charge on any atom is 0.411 e. The molecule has 1 aliphatic carbocycles. The van der Waals surface area contributed by atoms with Crippen LogP contribution in [0.5, 0.6) is 0 Å². The Morgan fingerprint density at radius 3 is 2.60 bits per heavy atom. The van der Waals surface area contributed by atoms with Crippen LogP contribution < -0.4 is 4.90 Å². The van der Waals surface area contributed by atoms with Crippen LogP contribution in [0, 0.1) is 11.8 Å². The molecule has 0 unspecified atom stereocenters. The molecule has 0 spiro atoms. The Kier molecular flexibility index (Phi) is 5.09. The molecule has 108 valence electrons. The van der Waals surface area contributed by atoms with Crippen molar-refractivity contribution in [2.75, 3.05) is 11.4 Å².